The number of carbonyl (C=O) groups is 2. The first-order valence-electron chi connectivity index (χ1n) is 12.5. The molecular formula is C29H34ClN3O5S. The third-order valence-corrected chi connectivity index (χ3v) is 8.58. The fraction of sp³-hybridized carbons (Fsp3) is 0.310. The fourth-order valence-corrected chi connectivity index (χ4v) is 5.73. The zero-order valence-electron chi connectivity index (χ0n) is 22.8. The van der Waals surface area contributed by atoms with Crippen LogP contribution in [0.25, 0.3) is 0 Å². The van der Waals surface area contributed by atoms with Crippen molar-refractivity contribution < 1.29 is 22.7 Å². The number of amides is 2. The van der Waals surface area contributed by atoms with Crippen LogP contribution < -0.4 is 14.4 Å². The van der Waals surface area contributed by atoms with Crippen molar-refractivity contribution >= 4 is 39.1 Å². The summed E-state index contributed by atoms with van der Waals surface area (Å²) in [5, 5.41) is 3.11. The van der Waals surface area contributed by atoms with Gasteiger partial charge in [0, 0.05) is 18.1 Å². The molecule has 8 nitrogen and oxygen atoms in total. The summed E-state index contributed by atoms with van der Waals surface area (Å²) in [6, 6.07) is 17.6. The first kappa shape index (κ1) is 30.0. The van der Waals surface area contributed by atoms with Gasteiger partial charge in [0.05, 0.1) is 17.7 Å². The highest BCUT2D eigenvalue weighted by Gasteiger charge is 2.33. The SMILES string of the molecule is CCNC(=O)[C@H](C)N(Cc1cccc(OC)c1)C(=O)CN(c1cccc(Cl)c1C)S(=O)(=O)c1ccc(C)cc1. The van der Waals surface area contributed by atoms with E-state index in [2.05, 4.69) is 5.32 Å². The minimum absolute atomic E-state index is 0.0383. The molecule has 3 aromatic rings. The molecule has 0 aliphatic rings. The number of likely N-dealkylation sites (N-methyl/N-ethyl adjacent to an activating group) is 1. The van der Waals surface area contributed by atoms with Gasteiger partial charge in [-0.2, -0.15) is 0 Å². The Balaban J connectivity index is 2.08. The zero-order chi connectivity index (χ0) is 28.7. The molecular weight excluding hydrogens is 538 g/mol. The van der Waals surface area contributed by atoms with Gasteiger partial charge in [-0.15, -0.1) is 0 Å². The molecule has 0 fully saturated rings. The van der Waals surface area contributed by atoms with Gasteiger partial charge in [-0.05, 0) is 75.2 Å². The van der Waals surface area contributed by atoms with Crippen LogP contribution in [0.5, 0.6) is 5.75 Å². The van der Waals surface area contributed by atoms with Gasteiger partial charge in [0.1, 0.15) is 18.3 Å². The van der Waals surface area contributed by atoms with Crippen molar-refractivity contribution in [2.45, 2.75) is 45.2 Å². The van der Waals surface area contributed by atoms with Gasteiger partial charge in [-0.25, -0.2) is 8.42 Å². The Bertz CT molecular complexity index is 1430. The number of rotatable bonds is 11. The Morgan fingerprint density at radius 3 is 2.33 bits per heavy atom. The highest BCUT2D eigenvalue weighted by molar-refractivity contribution is 7.92. The molecule has 0 radical (unpaired) electrons. The van der Waals surface area contributed by atoms with Crippen LogP contribution in [0.1, 0.15) is 30.5 Å². The summed E-state index contributed by atoms with van der Waals surface area (Å²) < 4.78 is 34.2. The Labute approximate surface area is 235 Å². The quantitative estimate of drug-likeness (QED) is 0.359. The third-order valence-electron chi connectivity index (χ3n) is 6.40. The molecule has 0 aliphatic carbocycles. The number of aryl methyl sites for hydroxylation is 1. The summed E-state index contributed by atoms with van der Waals surface area (Å²) in [5.74, 6) is -0.295. The minimum Gasteiger partial charge on any atom is -0.497 e. The van der Waals surface area contributed by atoms with Gasteiger partial charge in [0.2, 0.25) is 11.8 Å². The molecule has 0 unspecified atom stereocenters. The van der Waals surface area contributed by atoms with E-state index < -0.39 is 28.5 Å². The summed E-state index contributed by atoms with van der Waals surface area (Å²) in [4.78, 5) is 28.2. The number of methoxy groups -OCH3 is 1. The summed E-state index contributed by atoms with van der Waals surface area (Å²) in [6.45, 7) is 6.89. The fourth-order valence-electron chi connectivity index (χ4n) is 4.09. The minimum atomic E-state index is -4.17. The van der Waals surface area contributed by atoms with E-state index in [1.807, 2.05) is 13.0 Å². The molecule has 1 atom stereocenters. The summed E-state index contributed by atoms with van der Waals surface area (Å²) in [5.41, 5.74) is 2.42. The monoisotopic (exact) mass is 571 g/mol. The van der Waals surface area contributed by atoms with Crippen molar-refractivity contribution in [2.75, 3.05) is 24.5 Å². The maximum atomic E-state index is 13.9. The molecule has 1 N–H and O–H groups in total. The Hall–Kier alpha value is -3.56. The van der Waals surface area contributed by atoms with Crippen molar-refractivity contribution in [2.24, 2.45) is 0 Å². The molecule has 0 aliphatic heterocycles. The normalized spacial score (nSPS) is 11.9. The molecule has 0 heterocycles. The second-order valence-electron chi connectivity index (χ2n) is 9.15. The predicted octanol–water partition coefficient (Wildman–Crippen LogP) is 4.71. The van der Waals surface area contributed by atoms with E-state index in [-0.39, 0.29) is 23.0 Å². The van der Waals surface area contributed by atoms with Gasteiger partial charge in [0.25, 0.3) is 10.0 Å². The van der Waals surface area contributed by atoms with E-state index in [9.17, 15) is 18.0 Å². The van der Waals surface area contributed by atoms with Crippen LogP contribution in [0.2, 0.25) is 5.02 Å². The average molecular weight is 572 g/mol. The van der Waals surface area contributed by atoms with Gasteiger partial charge in [-0.1, -0.05) is 47.5 Å². The van der Waals surface area contributed by atoms with Crippen LogP contribution in [-0.2, 0) is 26.2 Å². The maximum Gasteiger partial charge on any atom is 0.264 e. The lowest BCUT2D eigenvalue weighted by molar-refractivity contribution is -0.139. The number of sulfonamides is 1. The van der Waals surface area contributed by atoms with E-state index in [0.717, 1.165) is 15.4 Å². The Morgan fingerprint density at radius 1 is 1.03 bits per heavy atom. The van der Waals surface area contributed by atoms with Gasteiger partial charge in [0.15, 0.2) is 0 Å². The Morgan fingerprint density at radius 2 is 1.69 bits per heavy atom. The molecule has 2 amide bonds. The molecule has 0 saturated heterocycles. The highest BCUT2D eigenvalue weighted by Crippen LogP contribution is 2.31. The van der Waals surface area contributed by atoms with Crippen molar-refractivity contribution in [3.05, 3.63) is 88.4 Å². The van der Waals surface area contributed by atoms with Crippen molar-refractivity contribution in [1.29, 1.82) is 0 Å². The van der Waals surface area contributed by atoms with E-state index in [1.165, 1.54) is 17.0 Å². The molecule has 0 saturated carbocycles. The number of ether oxygens (including phenoxy) is 1. The lowest BCUT2D eigenvalue weighted by Crippen LogP contribution is -2.51. The van der Waals surface area contributed by atoms with Crippen molar-refractivity contribution in [3.8, 4) is 5.75 Å². The number of halogens is 1. The van der Waals surface area contributed by atoms with E-state index in [1.54, 1.807) is 76.4 Å². The second kappa shape index (κ2) is 13.0. The van der Waals surface area contributed by atoms with Crippen LogP contribution in [0.4, 0.5) is 5.69 Å². The number of nitrogens with one attached hydrogen (secondary N) is 1. The van der Waals surface area contributed by atoms with Crippen LogP contribution in [0, 0.1) is 13.8 Å². The maximum absolute atomic E-state index is 13.9. The standard InChI is InChI=1S/C29H34ClN3O5S/c1-6-31-29(35)22(4)32(18-23-9-7-10-24(17-23)38-5)28(34)19-33(27-12-8-11-26(30)21(27)3)39(36,37)25-15-13-20(2)14-16-25/h7-17,22H,6,18-19H2,1-5H3,(H,31,35)/t22-/m0/s1. The molecule has 208 valence electrons. The second-order valence-corrected chi connectivity index (χ2v) is 11.4. The number of carbonyl (C=O) groups excluding carboxylic acids is 2. The highest BCUT2D eigenvalue weighted by atomic mass is 35.5. The molecule has 10 heteroatoms. The van der Waals surface area contributed by atoms with Crippen LogP contribution in [0.3, 0.4) is 0 Å². The van der Waals surface area contributed by atoms with E-state index in [4.69, 9.17) is 16.3 Å². The molecule has 0 bridgehead atoms. The number of nitrogens with zero attached hydrogens (tertiary/aromatic N) is 2. The number of anilines is 1. The topological polar surface area (TPSA) is 96.0 Å². The molecule has 3 rings (SSSR count). The number of benzene rings is 3. The molecule has 39 heavy (non-hydrogen) atoms. The smallest absolute Gasteiger partial charge is 0.264 e. The van der Waals surface area contributed by atoms with Crippen molar-refractivity contribution in [3.63, 3.8) is 0 Å². The number of hydrogen-bond donors (Lipinski definition) is 1. The van der Waals surface area contributed by atoms with Gasteiger partial charge < -0.3 is 15.0 Å². The summed E-state index contributed by atoms with van der Waals surface area (Å²) in [6.07, 6.45) is 0. The number of hydrogen-bond acceptors (Lipinski definition) is 5. The van der Waals surface area contributed by atoms with Gasteiger partial charge >= 0.3 is 0 Å². The first-order chi connectivity index (χ1) is 18.5. The average Bonchev–Trinajstić information content (AvgIpc) is 2.92. The molecule has 0 aromatic heterocycles. The first-order valence-corrected chi connectivity index (χ1v) is 14.4. The van der Waals surface area contributed by atoms with E-state index >= 15 is 0 Å². The molecule has 0 spiro atoms. The summed E-state index contributed by atoms with van der Waals surface area (Å²) >= 11 is 6.35. The lowest BCUT2D eigenvalue weighted by Gasteiger charge is -2.32. The van der Waals surface area contributed by atoms with Gasteiger partial charge in [-0.3, -0.25) is 13.9 Å². The summed E-state index contributed by atoms with van der Waals surface area (Å²) in [7, 11) is -2.63. The molecule has 3 aromatic carbocycles. The third kappa shape index (κ3) is 7.10. The predicted molar refractivity (Wildman–Crippen MR) is 154 cm³/mol. The van der Waals surface area contributed by atoms with Crippen LogP contribution in [0.15, 0.2) is 71.6 Å². The van der Waals surface area contributed by atoms with E-state index in [0.29, 0.717) is 22.9 Å². The largest absolute Gasteiger partial charge is 0.497 e. The van der Waals surface area contributed by atoms with Crippen molar-refractivity contribution in [1.82, 2.24) is 10.2 Å². The van der Waals surface area contributed by atoms with Crippen LogP contribution >= 0.6 is 11.6 Å². The zero-order valence-corrected chi connectivity index (χ0v) is 24.3. The Kier molecular flexibility index (Phi) is 9.99. The van der Waals surface area contributed by atoms with Crippen LogP contribution in [-0.4, -0.2) is 51.4 Å². The lowest BCUT2D eigenvalue weighted by atomic mass is 10.1.